The van der Waals surface area contributed by atoms with Gasteiger partial charge in [0.15, 0.2) is 0 Å². The number of hydrogen-bond donors (Lipinski definition) is 2. The number of carbonyl (C=O) groups is 1. The number of amides is 1. The van der Waals surface area contributed by atoms with E-state index in [1.165, 1.54) is 35.6 Å². The van der Waals surface area contributed by atoms with E-state index < -0.39 is 28.0 Å². The number of nitrogens with zero attached hydrogens (tertiary/aromatic N) is 2. The molecule has 0 fully saturated rings. The highest BCUT2D eigenvalue weighted by atomic mass is 35.6. The summed E-state index contributed by atoms with van der Waals surface area (Å²) in [5, 5.41) is 3.60. The third-order valence-electron chi connectivity index (χ3n) is 3.76. The van der Waals surface area contributed by atoms with Crippen LogP contribution >= 0.6 is 34.8 Å². The van der Waals surface area contributed by atoms with Crippen LogP contribution in [-0.4, -0.2) is 22.4 Å². The van der Waals surface area contributed by atoms with Crippen molar-refractivity contribution in [3.63, 3.8) is 0 Å². The lowest BCUT2D eigenvalue weighted by Gasteiger charge is -2.19. The molecule has 6 nitrogen and oxygen atoms in total. The molecular weight excluding hydrogens is 475 g/mol. The summed E-state index contributed by atoms with van der Waals surface area (Å²) in [6, 6.07) is 8.97. The van der Waals surface area contributed by atoms with Crippen LogP contribution in [-0.2, 0) is 4.79 Å². The molecule has 1 unspecified atom stereocenters. The van der Waals surface area contributed by atoms with Crippen LogP contribution in [0, 0.1) is 5.82 Å². The van der Waals surface area contributed by atoms with E-state index in [9.17, 15) is 22.4 Å². The summed E-state index contributed by atoms with van der Waals surface area (Å²) in [6.45, 7) is 0. The second-order valence-corrected chi connectivity index (χ2v) is 8.18. The standard InChI is InChI=1S/C17H11Cl3F4N4O2/c18-16(19,20)15(29)26-13-6-1-9(7-12(13)21)14-25-8-28(27-14)10-2-4-11(5-3-10)30-17(22,23)24/h1-8,14,27H,(H,26,29). The van der Waals surface area contributed by atoms with Crippen molar-refractivity contribution in [3.8, 4) is 5.75 Å². The van der Waals surface area contributed by atoms with Crippen LogP contribution in [0.3, 0.4) is 0 Å². The number of rotatable bonds is 4. The Labute approximate surface area is 182 Å². The largest absolute Gasteiger partial charge is 0.573 e. The summed E-state index contributed by atoms with van der Waals surface area (Å²) < 4.78 is 52.6. The SMILES string of the molecule is O=C(Nc1ccc(C2N=CN(c3ccc(OC(F)(F)F)cc3)N2)cc1F)C(Cl)(Cl)Cl. The number of halogens is 7. The fraction of sp³-hybridized carbons (Fsp3) is 0.176. The first-order valence-electron chi connectivity index (χ1n) is 8.04. The van der Waals surface area contributed by atoms with Crippen molar-refractivity contribution in [1.82, 2.24) is 5.43 Å². The molecule has 3 rings (SSSR count). The number of ether oxygens (including phenoxy) is 1. The molecule has 2 aromatic carbocycles. The summed E-state index contributed by atoms with van der Waals surface area (Å²) in [5.74, 6) is -2.16. The van der Waals surface area contributed by atoms with Gasteiger partial charge in [-0.15, -0.1) is 13.2 Å². The van der Waals surface area contributed by atoms with Crippen molar-refractivity contribution >= 4 is 58.4 Å². The molecule has 0 aliphatic carbocycles. The minimum Gasteiger partial charge on any atom is -0.406 e. The highest BCUT2D eigenvalue weighted by Crippen LogP contribution is 2.30. The quantitative estimate of drug-likeness (QED) is 0.468. The van der Waals surface area contributed by atoms with E-state index in [0.29, 0.717) is 11.3 Å². The molecule has 0 radical (unpaired) electrons. The minimum absolute atomic E-state index is 0.186. The van der Waals surface area contributed by atoms with E-state index in [2.05, 4.69) is 20.5 Å². The van der Waals surface area contributed by atoms with Gasteiger partial charge in [-0.3, -0.25) is 9.80 Å². The van der Waals surface area contributed by atoms with Gasteiger partial charge in [-0.25, -0.2) is 9.38 Å². The Balaban J connectivity index is 1.66. The number of nitrogens with one attached hydrogen (secondary N) is 2. The molecule has 1 aliphatic rings. The minimum atomic E-state index is -4.78. The molecule has 0 bridgehead atoms. The lowest BCUT2D eigenvalue weighted by atomic mass is 10.1. The number of benzene rings is 2. The van der Waals surface area contributed by atoms with Gasteiger partial charge in [0.25, 0.3) is 9.70 Å². The maximum atomic E-state index is 14.3. The zero-order valence-electron chi connectivity index (χ0n) is 14.6. The van der Waals surface area contributed by atoms with Gasteiger partial charge in [-0.1, -0.05) is 40.9 Å². The smallest absolute Gasteiger partial charge is 0.406 e. The van der Waals surface area contributed by atoms with E-state index in [-0.39, 0.29) is 11.4 Å². The summed E-state index contributed by atoms with van der Waals surface area (Å²) in [6.07, 6.45) is -4.07. The number of hydrogen-bond acceptors (Lipinski definition) is 5. The Bertz CT molecular complexity index is 965. The van der Waals surface area contributed by atoms with E-state index in [1.807, 2.05) is 0 Å². The first kappa shape index (κ1) is 22.4. The predicted octanol–water partition coefficient (Wildman–Crippen LogP) is 5.08. The van der Waals surface area contributed by atoms with Gasteiger partial charge in [0.2, 0.25) is 0 Å². The zero-order valence-corrected chi connectivity index (χ0v) is 16.8. The number of aliphatic imine (C=N–C) groups is 1. The third-order valence-corrected chi connectivity index (χ3v) is 4.27. The molecule has 0 saturated carbocycles. The molecule has 1 amide bonds. The van der Waals surface area contributed by atoms with Crippen molar-refractivity contribution in [1.29, 1.82) is 0 Å². The molecule has 1 atom stereocenters. The van der Waals surface area contributed by atoms with E-state index in [1.54, 1.807) is 0 Å². The lowest BCUT2D eigenvalue weighted by molar-refractivity contribution is -0.274. The van der Waals surface area contributed by atoms with Crippen LogP contribution in [0.15, 0.2) is 47.5 Å². The fourth-order valence-electron chi connectivity index (χ4n) is 2.44. The van der Waals surface area contributed by atoms with Crippen LogP contribution in [0.1, 0.15) is 11.7 Å². The second kappa shape index (κ2) is 8.46. The van der Waals surface area contributed by atoms with Crippen molar-refractivity contribution in [2.24, 2.45) is 4.99 Å². The first-order chi connectivity index (χ1) is 13.9. The second-order valence-electron chi connectivity index (χ2n) is 5.90. The van der Waals surface area contributed by atoms with Crippen molar-refractivity contribution in [3.05, 3.63) is 53.8 Å². The van der Waals surface area contributed by atoms with Gasteiger partial charge in [0.05, 0.1) is 11.4 Å². The molecule has 160 valence electrons. The summed E-state index contributed by atoms with van der Waals surface area (Å²) in [7, 11) is 0. The van der Waals surface area contributed by atoms with Crippen molar-refractivity contribution in [2.45, 2.75) is 16.3 Å². The highest BCUT2D eigenvalue weighted by Gasteiger charge is 2.32. The third kappa shape index (κ3) is 5.66. The van der Waals surface area contributed by atoms with Gasteiger partial charge in [0.1, 0.15) is 24.1 Å². The number of alkyl halides is 6. The maximum Gasteiger partial charge on any atom is 0.573 e. The molecule has 0 spiro atoms. The maximum absolute atomic E-state index is 14.3. The van der Waals surface area contributed by atoms with E-state index >= 15 is 0 Å². The first-order valence-corrected chi connectivity index (χ1v) is 9.18. The molecular formula is C17H11Cl3F4N4O2. The van der Waals surface area contributed by atoms with Gasteiger partial charge in [-0.05, 0) is 42.0 Å². The molecule has 2 N–H and O–H groups in total. The van der Waals surface area contributed by atoms with Crippen LogP contribution in [0.4, 0.5) is 28.9 Å². The highest BCUT2D eigenvalue weighted by molar-refractivity contribution is 6.76. The topological polar surface area (TPSA) is 66.0 Å². The monoisotopic (exact) mass is 484 g/mol. The van der Waals surface area contributed by atoms with Crippen molar-refractivity contribution < 1.29 is 27.1 Å². The van der Waals surface area contributed by atoms with Gasteiger partial charge >= 0.3 is 6.36 Å². The molecule has 13 heteroatoms. The lowest BCUT2D eigenvalue weighted by Crippen LogP contribution is -2.33. The number of anilines is 2. The Morgan fingerprint density at radius 3 is 2.37 bits per heavy atom. The normalized spacial score (nSPS) is 16.6. The zero-order chi connectivity index (χ0) is 22.1. The van der Waals surface area contributed by atoms with Gasteiger partial charge in [0, 0.05) is 0 Å². The van der Waals surface area contributed by atoms with E-state index in [0.717, 1.165) is 18.2 Å². The van der Waals surface area contributed by atoms with E-state index in [4.69, 9.17) is 34.8 Å². The summed E-state index contributed by atoms with van der Waals surface area (Å²) >= 11 is 16.3. The molecule has 0 aromatic heterocycles. The molecule has 30 heavy (non-hydrogen) atoms. The average molecular weight is 486 g/mol. The van der Waals surface area contributed by atoms with Crippen LogP contribution < -0.4 is 20.5 Å². The molecule has 1 heterocycles. The fourth-order valence-corrected chi connectivity index (χ4v) is 2.58. The van der Waals surface area contributed by atoms with Crippen molar-refractivity contribution in [2.75, 3.05) is 10.3 Å². The average Bonchev–Trinajstić information content (AvgIpc) is 3.12. The molecule has 1 aliphatic heterocycles. The summed E-state index contributed by atoms with van der Waals surface area (Å²) in [5.41, 5.74) is 3.63. The Morgan fingerprint density at radius 1 is 1.13 bits per heavy atom. The Kier molecular flexibility index (Phi) is 6.32. The predicted molar refractivity (Wildman–Crippen MR) is 105 cm³/mol. The Morgan fingerprint density at radius 2 is 1.80 bits per heavy atom. The molecule has 2 aromatic rings. The van der Waals surface area contributed by atoms with Crippen LogP contribution in [0.2, 0.25) is 0 Å². The number of hydrazine groups is 1. The van der Waals surface area contributed by atoms with Gasteiger partial charge < -0.3 is 10.1 Å². The van der Waals surface area contributed by atoms with Gasteiger partial charge in [-0.2, -0.15) is 5.43 Å². The number of carbonyl (C=O) groups excluding carboxylic acids is 1. The van der Waals surface area contributed by atoms with Crippen LogP contribution in [0.25, 0.3) is 0 Å². The summed E-state index contributed by atoms with van der Waals surface area (Å²) in [4.78, 5) is 15.8. The van der Waals surface area contributed by atoms with Crippen LogP contribution in [0.5, 0.6) is 5.75 Å². The molecule has 0 saturated heterocycles. The Hall–Kier alpha value is -2.27.